The van der Waals surface area contributed by atoms with Gasteiger partial charge in [0.2, 0.25) is 0 Å². The van der Waals surface area contributed by atoms with Crippen LogP contribution in [0.5, 0.6) is 5.75 Å². The maximum absolute atomic E-state index is 10.1. The molecule has 88 valence electrons. The van der Waals surface area contributed by atoms with Gasteiger partial charge in [-0.25, -0.2) is 0 Å². The first-order chi connectivity index (χ1) is 8.20. The fraction of sp³-hybridized carbons (Fsp3) is 0.231. The lowest BCUT2D eigenvalue weighted by molar-refractivity contribution is 0.214. The average Bonchev–Trinajstić information content (AvgIpc) is 2.39. The molecule has 0 bridgehead atoms. The second-order valence-corrected chi connectivity index (χ2v) is 3.82. The quantitative estimate of drug-likeness (QED) is 0.874. The Labute approximate surface area is 99.9 Å². The molecule has 0 saturated carbocycles. The summed E-state index contributed by atoms with van der Waals surface area (Å²) < 4.78 is 5.07. The Bertz CT molecular complexity index is 497. The molecule has 4 nitrogen and oxygen atoms in total. The number of nitrogens with zero attached hydrogens (tertiary/aromatic N) is 2. The van der Waals surface area contributed by atoms with Crippen molar-refractivity contribution in [1.82, 2.24) is 9.97 Å². The lowest BCUT2D eigenvalue weighted by Gasteiger charge is -2.11. The molecule has 1 unspecified atom stereocenters. The molecule has 2 rings (SSSR count). The average molecular weight is 230 g/mol. The molecule has 1 N–H and O–H groups in total. The molecule has 0 spiro atoms. The zero-order valence-electron chi connectivity index (χ0n) is 9.79. The van der Waals surface area contributed by atoms with Gasteiger partial charge in [0, 0.05) is 18.0 Å². The van der Waals surface area contributed by atoms with Crippen LogP contribution in [0.3, 0.4) is 0 Å². The molecule has 1 atom stereocenters. The van der Waals surface area contributed by atoms with Crippen molar-refractivity contribution in [2.45, 2.75) is 13.0 Å². The van der Waals surface area contributed by atoms with Crippen LogP contribution in [0.15, 0.2) is 36.8 Å². The second kappa shape index (κ2) is 4.93. The predicted octanol–water partition coefficient (Wildman–Crippen LogP) is 1.88. The van der Waals surface area contributed by atoms with E-state index < -0.39 is 6.10 Å². The number of hydrogen-bond acceptors (Lipinski definition) is 4. The van der Waals surface area contributed by atoms with Crippen molar-refractivity contribution >= 4 is 0 Å². The van der Waals surface area contributed by atoms with E-state index in [1.54, 1.807) is 37.8 Å². The molecule has 0 amide bonds. The van der Waals surface area contributed by atoms with Crippen molar-refractivity contribution in [2.75, 3.05) is 7.11 Å². The Morgan fingerprint density at radius 3 is 2.71 bits per heavy atom. The highest BCUT2D eigenvalue weighted by atomic mass is 16.5. The Morgan fingerprint density at radius 1 is 1.24 bits per heavy atom. The van der Waals surface area contributed by atoms with Gasteiger partial charge in [-0.15, -0.1) is 0 Å². The molecule has 0 fully saturated rings. The van der Waals surface area contributed by atoms with Crippen LogP contribution in [-0.4, -0.2) is 22.2 Å². The van der Waals surface area contributed by atoms with E-state index in [0.29, 0.717) is 17.0 Å². The predicted molar refractivity (Wildman–Crippen MR) is 63.8 cm³/mol. The molecule has 0 saturated heterocycles. The van der Waals surface area contributed by atoms with Gasteiger partial charge in [0.1, 0.15) is 11.9 Å². The van der Waals surface area contributed by atoms with Crippen LogP contribution >= 0.6 is 0 Å². The first-order valence-corrected chi connectivity index (χ1v) is 5.30. The highest BCUT2D eigenvalue weighted by Crippen LogP contribution is 2.22. The first-order valence-electron chi connectivity index (χ1n) is 5.30. The third-order valence-corrected chi connectivity index (χ3v) is 2.50. The number of hydrogen-bond donors (Lipinski definition) is 1. The summed E-state index contributed by atoms with van der Waals surface area (Å²) in [6.07, 6.45) is 4.15. The molecular formula is C13H14N2O2. The standard InChI is InChI=1S/C13H14N2O2/c1-9-3-4-12(15-6-9)13(16)10-5-11(17-2)8-14-7-10/h3-8,13,16H,1-2H3. The molecule has 4 heteroatoms. The number of methoxy groups -OCH3 is 1. The number of rotatable bonds is 3. The summed E-state index contributed by atoms with van der Waals surface area (Å²) >= 11 is 0. The summed E-state index contributed by atoms with van der Waals surface area (Å²) in [6, 6.07) is 5.47. The number of aryl methyl sites for hydroxylation is 1. The number of ether oxygens (including phenoxy) is 1. The van der Waals surface area contributed by atoms with Crippen LogP contribution in [0.4, 0.5) is 0 Å². The van der Waals surface area contributed by atoms with Gasteiger partial charge in [0.25, 0.3) is 0 Å². The van der Waals surface area contributed by atoms with E-state index in [0.717, 1.165) is 5.56 Å². The Balaban J connectivity index is 2.29. The minimum atomic E-state index is -0.779. The molecule has 0 aliphatic heterocycles. The molecule has 17 heavy (non-hydrogen) atoms. The Morgan fingerprint density at radius 2 is 2.06 bits per heavy atom. The number of aromatic nitrogens is 2. The minimum Gasteiger partial charge on any atom is -0.495 e. The summed E-state index contributed by atoms with van der Waals surface area (Å²) in [5, 5.41) is 10.1. The van der Waals surface area contributed by atoms with Gasteiger partial charge >= 0.3 is 0 Å². The lowest BCUT2D eigenvalue weighted by atomic mass is 10.1. The van der Waals surface area contributed by atoms with E-state index in [4.69, 9.17) is 4.74 Å². The molecule has 2 heterocycles. The largest absolute Gasteiger partial charge is 0.495 e. The maximum atomic E-state index is 10.1. The molecule has 0 aliphatic carbocycles. The maximum Gasteiger partial charge on any atom is 0.137 e. The van der Waals surface area contributed by atoms with Gasteiger partial charge in [0.15, 0.2) is 0 Å². The van der Waals surface area contributed by atoms with Crippen molar-refractivity contribution in [3.05, 3.63) is 53.6 Å². The summed E-state index contributed by atoms with van der Waals surface area (Å²) in [4.78, 5) is 8.20. The number of aliphatic hydroxyl groups excluding tert-OH is 1. The van der Waals surface area contributed by atoms with Gasteiger partial charge in [0.05, 0.1) is 19.0 Å². The van der Waals surface area contributed by atoms with Crippen molar-refractivity contribution in [1.29, 1.82) is 0 Å². The van der Waals surface area contributed by atoms with Crippen LogP contribution in [-0.2, 0) is 0 Å². The van der Waals surface area contributed by atoms with Gasteiger partial charge in [-0.2, -0.15) is 0 Å². The van der Waals surface area contributed by atoms with E-state index >= 15 is 0 Å². The van der Waals surface area contributed by atoms with Crippen LogP contribution in [0, 0.1) is 6.92 Å². The van der Waals surface area contributed by atoms with Crippen molar-refractivity contribution in [3.8, 4) is 5.75 Å². The van der Waals surface area contributed by atoms with Crippen LogP contribution in [0.1, 0.15) is 22.9 Å². The van der Waals surface area contributed by atoms with Crippen molar-refractivity contribution < 1.29 is 9.84 Å². The molecule has 0 aromatic carbocycles. The fourth-order valence-electron chi connectivity index (χ4n) is 1.51. The molecular weight excluding hydrogens is 216 g/mol. The van der Waals surface area contributed by atoms with E-state index in [9.17, 15) is 5.11 Å². The monoisotopic (exact) mass is 230 g/mol. The lowest BCUT2D eigenvalue weighted by Crippen LogP contribution is -2.03. The Hall–Kier alpha value is -1.94. The zero-order valence-corrected chi connectivity index (χ0v) is 9.79. The molecule has 2 aromatic rings. The number of aliphatic hydroxyl groups is 1. The van der Waals surface area contributed by atoms with Crippen molar-refractivity contribution in [2.24, 2.45) is 0 Å². The normalized spacial score (nSPS) is 12.2. The van der Waals surface area contributed by atoms with Gasteiger partial charge < -0.3 is 9.84 Å². The van der Waals surface area contributed by atoms with E-state index in [1.165, 1.54) is 0 Å². The highest BCUT2D eigenvalue weighted by molar-refractivity contribution is 5.30. The number of pyridine rings is 2. The van der Waals surface area contributed by atoms with E-state index in [1.807, 2.05) is 13.0 Å². The first kappa shape index (κ1) is 11.5. The smallest absolute Gasteiger partial charge is 0.137 e. The topological polar surface area (TPSA) is 55.2 Å². The summed E-state index contributed by atoms with van der Waals surface area (Å²) in [6.45, 7) is 1.95. The van der Waals surface area contributed by atoms with Gasteiger partial charge in [-0.1, -0.05) is 6.07 Å². The van der Waals surface area contributed by atoms with Gasteiger partial charge in [-0.05, 0) is 24.6 Å². The van der Waals surface area contributed by atoms with Crippen molar-refractivity contribution in [3.63, 3.8) is 0 Å². The van der Waals surface area contributed by atoms with E-state index in [2.05, 4.69) is 9.97 Å². The molecule has 0 radical (unpaired) electrons. The fourth-order valence-corrected chi connectivity index (χ4v) is 1.51. The summed E-state index contributed by atoms with van der Waals surface area (Å²) in [5.41, 5.74) is 2.33. The minimum absolute atomic E-state index is 0.602. The third kappa shape index (κ3) is 2.60. The SMILES string of the molecule is COc1cncc(C(O)c2ccc(C)cn2)c1. The summed E-state index contributed by atoms with van der Waals surface area (Å²) in [5.74, 6) is 0.619. The van der Waals surface area contributed by atoms with Crippen LogP contribution < -0.4 is 4.74 Å². The second-order valence-electron chi connectivity index (χ2n) is 3.82. The molecule has 2 aromatic heterocycles. The zero-order chi connectivity index (χ0) is 12.3. The van der Waals surface area contributed by atoms with Crippen LogP contribution in [0.25, 0.3) is 0 Å². The van der Waals surface area contributed by atoms with E-state index in [-0.39, 0.29) is 0 Å². The third-order valence-electron chi connectivity index (χ3n) is 2.50. The summed E-state index contributed by atoms with van der Waals surface area (Å²) in [7, 11) is 1.57. The Kier molecular flexibility index (Phi) is 3.35. The highest BCUT2D eigenvalue weighted by Gasteiger charge is 2.12. The van der Waals surface area contributed by atoms with Crippen LogP contribution in [0.2, 0.25) is 0 Å². The molecule has 0 aliphatic rings. The van der Waals surface area contributed by atoms with Gasteiger partial charge in [-0.3, -0.25) is 9.97 Å².